The molecule has 4 heteroatoms. The number of hydrogen-bond donors (Lipinski definition) is 4. The zero-order chi connectivity index (χ0) is 20.6. The first kappa shape index (κ1) is 21.7. The molecule has 0 radical (unpaired) electrons. The molecule has 29 heavy (non-hydrogen) atoms. The van der Waals surface area contributed by atoms with Gasteiger partial charge in [0.25, 0.3) is 0 Å². The summed E-state index contributed by atoms with van der Waals surface area (Å²) in [5, 5.41) is 0. The average Bonchev–Trinajstić information content (AvgIpc) is 2.73. The van der Waals surface area contributed by atoms with Crippen LogP contribution in [0.1, 0.15) is 57.8 Å². The van der Waals surface area contributed by atoms with Gasteiger partial charge in [-0.2, -0.15) is 0 Å². The van der Waals surface area contributed by atoms with E-state index in [2.05, 4.69) is 0 Å². The molecule has 2 saturated carbocycles. The third-order valence-corrected chi connectivity index (χ3v) is 6.60. The SMILES string of the molecule is NC1CCC(CC2CCC(N)CC2)CC1.Nc1ccc(-c2ccc(N)cc2)cc1. The minimum atomic E-state index is 0.501. The summed E-state index contributed by atoms with van der Waals surface area (Å²) >= 11 is 0. The van der Waals surface area contributed by atoms with E-state index in [1.165, 1.54) is 57.8 Å². The number of benzene rings is 2. The highest BCUT2D eigenvalue weighted by molar-refractivity contribution is 5.67. The van der Waals surface area contributed by atoms with Crippen LogP contribution in [0.3, 0.4) is 0 Å². The molecule has 4 nitrogen and oxygen atoms in total. The molecule has 2 fully saturated rings. The molecule has 4 rings (SSSR count). The normalized spacial score (nSPS) is 27.0. The lowest BCUT2D eigenvalue weighted by molar-refractivity contribution is 0.225. The third-order valence-electron chi connectivity index (χ3n) is 6.60. The molecule has 0 atom stereocenters. The number of anilines is 2. The summed E-state index contributed by atoms with van der Waals surface area (Å²) in [5.41, 5.74) is 26.9. The largest absolute Gasteiger partial charge is 0.399 e. The number of rotatable bonds is 3. The van der Waals surface area contributed by atoms with Gasteiger partial charge in [-0.25, -0.2) is 0 Å². The topological polar surface area (TPSA) is 104 Å². The first-order chi connectivity index (χ1) is 14.0. The first-order valence-corrected chi connectivity index (χ1v) is 11.2. The van der Waals surface area contributed by atoms with Crippen LogP contribution in [-0.4, -0.2) is 12.1 Å². The van der Waals surface area contributed by atoms with Gasteiger partial charge in [0.05, 0.1) is 0 Å². The van der Waals surface area contributed by atoms with Crippen molar-refractivity contribution in [2.45, 2.75) is 69.9 Å². The van der Waals surface area contributed by atoms with Crippen LogP contribution >= 0.6 is 0 Å². The number of nitrogen functional groups attached to an aromatic ring is 2. The molecule has 8 N–H and O–H groups in total. The average molecular weight is 395 g/mol. The van der Waals surface area contributed by atoms with Crippen LogP contribution in [-0.2, 0) is 0 Å². The predicted molar refractivity (Wildman–Crippen MR) is 125 cm³/mol. The third kappa shape index (κ3) is 7.06. The van der Waals surface area contributed by atoms with E-state index < -0.39 is 0 Å². The van der Waals surface area contributed by atoms with E-state index >= 15 is 0 Å². The van der Waals surface area contributed by atoms with Crippen molar-refractivity contribution >= 4 is 11.4 Å². The van der Waals surface area contributed by atoms with Gasteiger partial charge in [-0.3, -0.25) is 0 Å². The molecule has 0 heterocycles. The molecule has 0 spiro atoms. The Morgan fingerprint density at radius 2 is 0.828 bits per heavy atom. The summed E-state index contributed by atoms with van der Waals surface area (Å²) < 4.78 is 0. The molecule has 0 unspecified atom stereocenters. The molecule has 0 saturated heterocycles. The highest BCUT2D eigenvalue weighted by Crippen LogP contribution is 2.34. The molecule has 2 aliphatic rings. The van der Waals surface area contributed by atoms with Crippen LogP contribution in [0.25, 0.3) is 11.1 Å². The fourth-order valence-electron chi connectivity index (χ4n) is 4.67. The van der Waals surface area contributed by atoms with Crippen LogP contribution in [0.4, 0.5) is 11.4 Å². The van der Waals surface area contributed by atoms with E-state index in [4.69, 9.17) is 22.9 Å². The highest BCUT2D eigenvalue weighted by Gasteiger charge is 2.24. The Kier molecular flexibility index (Phi) is 7.96. The second kappa shape index (κ2) is 10.7. The summed E-state index contributed by atoms with van der Waals surface area (Å²) in [6.45, 7) is 0. The van der Waals surface area contributed by atoms with Crippen LogP contribution in [0.2, 0.25) is 0 Å². The van der Waals surface area contributed by atoms with E-state index in [9.17, 15) is 0 Å². The number of hydrogen-bond acceptors (Lipinski definition) is 4. The van der Waals surface area contributed by atoms with Gasteiger partial charge in [-0.15, -0.1) is 0 Å². The van der Waals surface area contributed by atoms with E-state index in [-0.39, 0.29) is 0 Å². The Balaban J connectivity index is 0.000000166. The standard InChI is InChI=1S/C13H26N2.C12H12N2/c14-12-5-1-10(2-6-12)9-11-3-7-13(15)8-4-11;13-11-5-1-9(2-6-11)10-3-7-12(14)8-4-10/h10-13H,1-9,14-15H2;1-8H,13-14H2. The van der Waals surface area contributed by atoms with Gasteiger partial charge in [-0.05, 0) is 105 Å². The van der Waals surface area contributed by atoms with Gasteiger partial charge >= 0.3 is 0 Å². The molecular formula is C25H38N4. The lowest BCUT2D eigenvalue weighted by atomic mass is 9.76. The van der Waals surface area contributed by atoms with Crippen molar-refractivity contribution in [1.82, 2.24) is 0 Å². The summed E-state index contributed by atoms with van der Waals surface area (Å²) in [4.78, 5) is 0. The van der Waals surface area contributed by atoms with Crippen LogP contribution in [0, 0.1) is 11.8 Å². The quantitative estimate of drug-likeness (QED) is 0.554. The highest BCUT2D eigenvalue weighted by atomic mass is 14.6. The smallest absolute Gasteiger partial charge is 0.0314 e. The van der Waals surface area contributed by atoms with Crippen molar-refractivity contribution in [2.24, 2.45) is 23.3 Å². The van der Waals surface area contributed by atoms with Gasteiger partial charge in [0, 0.05) is 23.5 Å². The molecule has 0 aromatic heterocycles. The predicted octanol–water partition coefficient (Wildman–Crippen LogP) is 4.93. The molecule has 2 aromatic carbocycles. The summed E-state index contributed by atoms with van der Waals surface area (Å²) in [6, 6.07) is 16.6. The van der Waals surface area contributed by atoms with Gasteiger partial charge < -0.3 is 22.9 Å². The van der Waals surface area contributed by atoms with Gasteiger partial charge in [0.15, 0.2) is 0 Å². The zero-order valence-electron chi connectivity index (χ0n) is 17.6. The van der Waals surface area contributed by atoms with Crippen molar-refractivity contribution in [3.05, 3.63) is 48.5 Å². The molecule has 2 aliphatic carbocycles. The first-order valence-electron chi connectivity index (χ1n) is 11.2. The van der Waals surface area contributed by atoms with Gasteiger partial charge in [-0.1, -0.05) is 24.3 Å². The van der Waals surface area contributed by atoms with Gasteiger partial charge in [0.1, 0.15) is 0 Å². The fourth-order valence-corrected chi connectivity index (χ4v) is 4.67. The molecule has 0 amide bonds. The maximum atomic E-state index is 5.93. The Hall–Kier alpha value is -2.04. The summed E-state index contributed by atoms with van der Waals surface area (Å²) in [7, 11) is 0. The molecule has 0 bridgehead atoms. The monoisotopic (exact) mass is 394 g/mol. The Morgan fingerprint density at radius 3 is 1.14 bits per heavy atom. The van der Waals surface area contributed by atoms with Crippen molar-refractivity contribution in [1.29, 1.82) is 0 Å². The minimum absolute atomic E-state index is 0.501. The minimum Gasteiger partial charge on any atom is -0.399 e. The Morgan fingerprint density at radius 1 is 0.517 bits per heavy atom. The Labute approximate surface area is 176 Å². The summed E-state index contributed by atoms with van der Waals surface area (Å²) in [6.07, 6.45) is 12.0. The molecule has 158 valence electrons. The number of nitrogens with two attached hydrogens (primary N) is 4. The Bertz CT molecular complexity index is 646. The molecule has 0 aliphatic heterocycles. The van der Waals surface area contributed by atoms with Crippen molar-refractivity contribution in [3.8, 4) is 11.1 Å². The van der Waals surface area contributed by atoms with Crippen LogP contribution < -0.4 is 22.9 Å². The second-order valence-corrected chi connectivity index (χ2v) is 9.04. The second-order valence-electron chi connectivity index (χ2n) is 9.04. The van der Waals surface area contributed by atoms with E-state index in [1.54, 1.807) is 0 Å². The molecular weight excluding hydrogens is 356 g/mol. The maximum absolute atomic E-state index is 5.93. The van der Waals surface area contributed by atoms with E-state index in [1.807, 2.05) is 48.5 Å². The summed E-state index contributed by atoms with van der Waals surface area (Å²) in [5.74, 6) is 1.95. The van der Waals surface area contributed by atoms with E-state index in [0.29, 0.717) is 12.1 Å². The van der Waals surface area contributed by atoms with Gasteiger partial charge in [0.2, 0.25) is 0 Å². The van der Waals surface area contributed by atoms with E-state index in [0.717, 1.165) is 34.3 Å². The molecule has 2 aromatic rings. The van der Waals surface area contributed by atoms with Crippen LogP contribution in [0.15, 0.2) is 48.5 Å². The van der Waals surface area contributed by atoms with Crippen molar-refractivity contribution in [2.75, 3.05) is 11.5 Å². The van der Waals surface area contributed by atoms with Crippen molar-refractivity contribution in [3.63, 3.8) is 0 Å². The maximum Gasteiger partial charge on any atom is 0.0314 e. The lowest BCUT2D eigenvalue weighted by Gasteiger charge is -2.32. The van der Waals surface area contributed by atoms with Crippen molar-refractivity contribution < 1.29 is 0 Å². The fraction of sp³-hybridized carbons (Fsp3) is 0.520. The lowest BCUT2D eigenvalue weighted by Crippen LogP contribution is -2.30. The zero-order valence-corrected chi connectivity index (χ0v) is 17.6. The van der Waals surface area contributed by atoms with Crippen LogP contribution in [0.5, 0.6) is 0 Å².